The van der Waals surface area contributed by atoms with Gasteiger partial charge < -0.3 is 15.3 Å². The summed E-state index contributed by atoms with van der Waals surface area (Å²) < 4.78 is 0. The molecule has 3 heteroatoms. The summed E-state index contributed by atoms with van der Waals surface area (Å²) in [7, 11) is 0. The third kappa shape index (κ3) is 2.07. The Bertz CT molecular complexity index is 349. The number of aryl methyl sites for hydroxylation is 1. The first kappa shape index (κ1) is 10.3. The molecule has 1 aliphatic rings. The molecule has 15 heavy (non-hydrogen) atoms. The van der Waals surface area contributed by atoms with E-state index >= 15 is 0 Å². The molecule has 1 aromatic rings. The second-order valence-electron chi connectivity index (χ2n) is 4.19. The Morgan fingerprint density at radius 2 is 2.33 bits per heavy atom. The first-order chi connectivity index (χ1) is 7.18. The highest BCUT2D eigenvalue weighted by molar-refractivity contribution is 5.75. The predicted molar refractivity (Wildman–Crippen MR) is 63.6 cm³/mol. The van der Waals surface area contributed by atoms with E-state index in [0.29, 0.717) is 6.54 Å². The van der Waals surface area contributed by atoms with Crippen molar-refractivity contribution >= 4 is 11.4 Å². The Balaban J connectivity index is 2.32. The summed E-state index contributed by atoms with van der Waals surface area (Å²) in [5, 5.41) is 12.8. The van der Waals surface area contributed by atoms with Crippen LogP contribution in [0.25, 0.3) is 0 Å². The van der Waals surface area contributed by atoms with Crippen molar-refractivity contribution in [3.05, 3.63) is 23.8 Å². The molecule has 0 aliphatic carbocycles. The number of anilines is 2. The molecule has 0 bridgehead atoms. The van der Waals surface area contributed by atoms with Gasteiger partial charge in [0, 0.05) is 19.6 Å². The fourth-order valence-corrected chi connectivity index (χ4v) is 2.16. The Labute approximate surface area is 90.7 Å². The van der Waals surface area contributed by atoms with E-state index in [2.05, 4.69) is 35.3 Å². The van der Waals surface area contributed by atoms with Crippen LogP contribution in [0.15, 0.2) is 18.2 Å². The van der Waals surface area contributed by atoms with Crippen LogP contribution in [0.3, 0.4) is 0 Å². The van der Waals surface area contributed by atoms with Crippen molar-refractivity contribution in [1.82, 2.24) is 0 Å². The molecule has 2 N–H and O–H groups in total. The number of benzene rings is 1. The molecule has 82 valence electrons. The van der Waals surface area contributed by atoms with Crippen molar-refractivity contribution in [2.45, 2.75) is 20.0 Å². The van der Waals surface area contributed by atoms with Crippen LogP contribution >= 0.6 is 0 Å². The van der Waals surface area contributed by atoms with Gasteiger partial charge in [-0.2, -0.15) is 0 Å². The minimum Gasteiger partial charge on any atom is -0.392 e. The van der Waals surface area contributed by atoms with Crippen molar-refractivity contribution in [3.63, 3.8) is 0 Å². The lowest BCUT2D eigenvalue weighted by Crippen LogP contribution is -2.38. The van der Waals surface area contributed by atoms with E-state index in [1.807, 2.05) is 6.92 Å². The Morgan fingerprint density at radius 3 is 3.07 bits per heavy atom. The summed E-state index contributed by atoms with van der Waals surface area (Å²) in [5.74, 6) is 0. The van der Waals surface area contributed by atoms with E-state index in [9.17, 15) is 5.11 Å². The number of rotatable bonds is 2. The van der Waals surface area contributed by atoms with E-state index in [-0.39, 0.29) is 6.10 Å². The minimum absolute atomic E-state index is 0.282. The summed E-state index contributed by atoms with van der Waals surface area (Å²) in [6, 6.07) is 6.27. The van der Waals surface area contributed by atoms with Gasteiger partial charge in [0.2, 0.25) is 0 Å². The molecule has 1 aromatic carbocycles. The van der Waals surface area contributed by atoms with Gasteiger partial charge in [-0.1, -0.05) is 12.1 Å². The van der Waals surface area contributed by atoms with Crippen LogP contribution in [-0.2, 0) is 0 Å². The van der Waals surface area contributed by atoms with Gasteiger partial charge in [0.05, 0.1) is 17.5 Å². The fraction of sp³-hybridized carbons (Fsp3) is 0.500. The molecule has 2 rings (SSSR count). The van der Waals surface area contributed by atoms with Gasteiger partial charge >= 0.3 is 0 Å². The summed E-state index contributed by atoms with van der Waals surface area (Å²) in [6.45, 7) is 6.56. The quantitative estimate of drug-likeness (QED) is 0.771. The lowest BCUT2D eigenvalue weighted by molar-refractivity contribution is 0.200. The Kier molecular flexibility index (Phi) is 2.82. The normalized spacial score (nSPS) is 16.9. The maximum absolute atomic E-state index is 9.46. The molecule has 0 aromatic heterocycles. The highest BCUT2D eigenvalue weighted by Crippen LogP contribution is 2.32. The Morgan fingerprint density at radius 1 is 1.53 bits per heavy atom. The van der Waals surface area contributed by atoms with Crippen molar-refractivity contribution < 1.29 is 5.11 Å². The van der Waals surface area contributed by atoms with Gasteiger partial charge in [-0.05, 0) is 25.5 Å². The van der Waals surface area contributed by atoms with E-state index in [1.54, 1.807) is 0 Å². The lowest BCUT2D eigenvalue weighted by atomic mass is 10.1. The number of aliphatic hydroxyl groups is 1. The number of para-hydroxylation sites is 1. The van der Waals surface area contributed by atoms with Gasteiger partial charge in [0.1, 0.15) is 0 Å². The first-order valence-electron chi connectivity index (χ1n) is 5.45. The molecule has 0 amide bonds. The predicted octanol–water partition coefficient (Wildman–Crippen LogP) is 1.61. The molecule has 0 saturated heterocycles. The highest BCUT2D eigenvalue weighted by atomic mass is 16.3. The molecular weight excluding hydrogens is 188 g/mol. The van der Waals surface area contributed by atoms with Crippen molar-refractivity contribution in [2.24, 2.45) is 0 Å². The number of nitrogens with zero attached hydrogens (tertiary/aromatic N) is 1. The van der Waals surface area contributed by atoms with Gasteiger partial charge in [0.15, 0.2) is 0 Å². The summed E-state index contributed by atoms with van der Waals surface area (Å²) in [6.07, 6.45) is -0.282. The van der Waals surface area contributed by atoms with Crippen molar-refractivity contribution in [3.8, 4) is 0 Å². The highest BCUT2D eigenvalue weighted by Gasteiger charge is 2.18. The van der Waals surface area contributed by atoms with Gasteiger partial charge in [-0.25, -0.2) is 0 Å². The number of aliphatic hydroxyl groups excluding tert-OH is 1. The zero-order valence-corrected chi connectivity index (χ0v) is 9.33. The van der Waals surface area contributed by atoms with Gasteiger partial charge in [-0.15, -0.1) is 0 Å². The van der Waals surface area contributed by atoms with Crippen molar-refractivity contribution in [2.75, 3.05) is 29.9 Å². The van der Waals surface area contributed by atoms with Crippen LogP contribution in [0.1, 0.15) is 12.5 Å². The number of fused-ring (bicyclic) bond motifs is 1. The second kappa shape index (κ2) is 4.11. The first-order valence-corrected chi connectivity index (χ1v) is 5.45. The van der Waals surface area contributed by atoms with Crippen molar-refractivity contribution in [1.29, 1.82) is 0 Å². The number of hydrogen-bond donors (Lipinski definition) is 2. The van der Waals surface area contributed by atoms with E-state index in [1.165, 1.54) is 16.9 Å². The topological polar surface area (TPSA) is 35.5 Å². The monoisotopic (exact) mass is 206 g/mol. The second-order valence-corrected chi connectivity index (χ2v) is 4.19. The largest absolute Gasteiger partial charge is 0.392 e. The van der Waals surface area contributed by atoms with E-state index in [4.69, 9.17) is 0 Å². The molecule has 0 radical (unpaired) electrons. The summed E-state index contributed by atoms with van der Waals surface area (Å²) >= 11 is 0. The molecule has 0 spiro atoms. The third-order valence-electron chi connectivity index (χ3n) is 2.74. The average Bonchev–Trinajstić information content (AvgIpc) is 2.17. The standard InChI is InChI=1S/C12H18N2O/c1-9-4-3-5-11-12(9)14(7-6-13-11)8-10(2)15/h3-5,10,13,15H,6-8H2,1-2H3. The lowest BCUT2D eigenvalue weighted by Gasteiger charge is -2.34. The molecule has 1 heterocycles. The van der Waals surface area contributed by atoms with Crippen LogP contribution < -0.4 is 10.2 Å². The maximum atomic E-state index is 9.46. The minimum atomic E-state index is -0.282. The SMILES string of the molecule is Cc1cccc2c1N(CC(C)O)CCN2. The van der Waals surface area contributed by atoms with Crippen LogP contribution in [0, 0.1) is 6.92 Å². The van der Waals surface area contributed by atoms with E-state index in [0.717, 1.165) is 13.1 Å². The third-order valence-corrected chi connectivity index (χ3v) is 2.74. The van der Waals surface area contributed by atoms with Gasteiger partial charge in [0.25, 0.3) is 0 Å². The molecule has 3 nitrogen and oxygen atoms in total. The van der Waals surface area contributed by atoms with Crippen LogP contribution in [0.2, 0.25) is 0 Å². The molecule has 1 aliphatic heterocycles. The Hall–Kier alpha value is -1.22. The molecule has 0 fully saturated rings. The molecule has 1 unspecified atom stereocenters. The maximum Gasteiger partial charge on any atom is 0.0687 e. The van der Waals surface area contributed by atoms with Crippen LogP contribution in [-0.4, -0.2) is 30.8 Å². The number of hydrogen-bond acceptors (Lipinski definition) is 3. The molecule has 1 atom stereocenters. The fourth-order valence-electron chi connectivity index (χ4n) is 2.16. The smallest absolute Gasteiger partial charge is 0.0687 e. The number of nitrogens with one attached hydrogen (secondary N) is 1. The van der Waals surface area contributed by atoms with Gasteiger partial charge in [-0.3, -0.25) is 0 Å². The molecule has 0 saturated carbocycles. The molecular formula is C12H18N2O. The summed E-state index contributed by atoms with van der Waals surface area (Å²) in [5.41, 5.74) is 3.69. The zero-order chi connectivity index (χ0) is 10.8. The average molecular weight is 206 g/mol. The van der Waals surface area contributed by atoms with Crippen LogP contribution in [0.4, 0.5) is 11.4 Å². The zero-order valence-electron chi connectivity index (χ0n) is 9.33. The van der Waals surface area contributed by atoms with Crippen LogP contribution in [0.5, 0.6) is 0 Å². The van der Waals surface area contributed by atoms with E-state index < -0.39 is 0 Å². The number of β-amino-alcohol motifs (C(OH)–C–C–N with tert-alkyl or cyclic N) is 1. The summed E-state index contributed by atoms with van der Waals surface area (Å²) in [4.78, 5) is 2.26.